The number of carbonyl (C=O) groups excluding carboxylic acids is 5. The first-order valence-electron chi connectivity index (χ1n) is 11.1. The van der Waals surface area contributed by atoms with Crippen LogP contribution in [0.15, 0.2) is 42.5 Å². The summed E-state index contributed by atoms with van der Waals surface area (Å²) in [6.45, 7) is -0.637. The second-order valence-electron chi connectivity index (χ2n) is 8.34. The van der Waals surface area contributed by atoms with Crippen molar-refractivity contribution in [2.24, 2.45) is 5.73 Å². The van der Waals surface area contributed by atoms with Gasteiger partial charge < -0.3 is 15.8 Å². The summed E-state index contributed by atoms with van der Waals surface area (Å²) in [7, 11) is 0. The van der Waals surface area contributed by atoms with Gasteiger partial charge in [-0.15, -0.1) is 11.3 Å². The lowest BCUT2D eigenvalue weighted by Crippen LogP contribution is -2.26. The van der Waals surface area contributed by atoms with Gasteiger partial charge in [-0.05, 0) is 37.3 Å². The highest BCUT2D eigenvalue weighted by molar-refractivity contribution is 7.17. The van der Waals surface area contributed by atoms with E-state index in [0.717, 1.165) is 36.1 Å². The van der Waals surface area contributed by atoms with Gasteiger partial charge >= 0.3 is 5.97 Å². The fraction of sp³-hybridized carbons (Fsp3) is 0.192. The summed E-state index contributed by atoms with van der Waals surface area (Å²) < 4.78 is 5.18. The minimum Gasteiger partial charge on any atom is -0.452 e. The number of nitrogens with one attached hydrogen (secondary N) is 1. The predicted molar refractivity (Wildman–Crippen MR) is 128 cm³/mol. The molecule has 0 spiro atoms. The topological polar surface area (TPSA) is 133 Å². The molecule has 1 aromatic heterocycles. The molecule has 0 saturated heterocycles. The molecule has 2 aromatic carbocycles. The number of anilines is 1. The minimum atomic E-state index is -0.905. The van der Waals surface area contributed by atoms with E-state index >= 15 is 0 Å². The molecule has 0 radical (unpaired) electrons. The Bertz CT molecular complexity index is 1440. The lowest BCUT2D eigenvalue weighted by Gasteiger charge is -2.19. The van der Waals surface area contributed by atoms with E-state index in [4.69, 9.17) is 10.5 Å². The Morgan fingerprint density at radius 2 is 1.60 bits per heavy atom. The Kier molecular flexibility index (Phi) is 5.78. The van der Waals surface area contributed by atoms with Crippen LogP contribution in [0.1, 0.15) is 75.8 Å². The number of benzene rings is 2. The maximum absolute atomic E-state index is 13.1. The molecule has 0 atom stereocenters. The van der Waals surface area contributed by atoms with Crippen LogP contribution >= 0.6 is 11.3 Å². The molecule has 35 heavy (non-hydrogen) atoms. The van der Waals surface area contributed by atoms with Gasteiger partial charge in [0.2, 0.25) is 0 Å². The first-order chi connectivity index (χ1) is 16.9. The van der Waals surface area contributed by atoms with Crippen LogP contribution in [0.3, 0.4) is 0 Å². The van der Waals surface area contributed by atoms with Crippen molar-refractivity contribution in [1.29, 1.82) is 0 Å². The molecule has 2 aliphatic carbocycles. The van der Waals surface area contributed by atoms with Crippen molar-refractivity contribution in [2.45, 2.75) is 25.7 Å². The number of amides is 2. The van der Waals surface area contributed by atoms with E-state index < -0.39 is 30.2 Å². The van der Waals surface area contributed by atoms with Crippen molar-refractivity contribution < 1.29 is 28.7 Å². The second kappa shape index (κ2) is 8.92. The van der Waals surface area contributed by atoms with E-state index in [1.165, 1.54) is 35.6 Å². The fourth-order valence-corrected chi connectivity index (χ4v) is 5.91. The van der Waals surface area contributed by atoms with E-state index in [-0.39, 0.29) is 33.6 Å². The summed E-state index contributed by atoms with van der Waals surface area (Å²) in [4.78, 5) is 64.3. The zero-order valence-corrected chi connectivity index (χ0v) is 19.3. The molecule has 8 nitrogen and oxygen atoms in total. The molecule has 3 aromatic rings. The monoisotopic (exact) mass is 488 g/mol. The Labute approximate surface area is 204 Å². The number of rotatable bonds is 5. The molecule has 176 valence electrons. The number of esters is 1. The van der Waals surface area contributed by atoms with E-state index in [1.807, 2.05) is 0 Å². The molecule has 9 heteroatoms. The third-order valence-electron chi connectivity index (χ3n) is 6.18. The number of fused-ring (bicyclic) bond motifs is 3. The summed E-state index contributed by atoms with van der Waals surface area (Å²) in [5.74, 6) is -2.98. The Morgan fingerprint density at radius 1 is 0.914 bits per heavy atom. The molecule has 1 heterocycles. The maximum Gasteiger partial charge on any atom is 0.339 e. The molecule has 5 rings (SSSR count). The second-order valence-corrected chi connectivity index (χ2v) is 9.44. The number of ether oxygens (including phenoxy) is 1. The first kappa shape index (κ1) is 22.7. The average molecular weight is 489 g/mol. The molecular weight excluding hydrogens is 468 g/mol. The van der Waals surface area contributed by atoms with Crippen LogP contribution < -0.4 is 11.1 Å². The zero-order valence-electron chi connectivity index (χ0n) is 18.5. The Balaban J connectivity index is 1.34. The molecule has 0 bridgehead atoms. The van der Waals surface area contributed by atoms with Crippen molar-refractivity contribution in [1.82, 2.24) is 0 Å². The molecule has 2 aliphatic rings. The van der Waals surface area contributed by atoms with Gasteiger partial charge in [-0.2, -0.15) is 0 Å². The van der Waals surface area contributed by atoms with Crippen molar-refractivity contribution in [2.75, 3.05) is 11.9 Å². The van der Waals surface area contributed by atoms with Gasteiger partial charge in [0.1, 0.15) is 5.00 Å². The van der Waals surface area contributed by atoms with Gasteiger partial charge in [-0.25, -0.2) is 4.79 Å². The number of thiophene rings is 1. The smallest absolute Gasteiger partial charge is 0.339 e. The van der Waals surface area contributed by atoms with Crippen molar-refractivity contribution >= 4 is 45.7 Å². The number of ketones is 2. The molecule has 3 N–H and O–H groups in total. The number of carbonyl (C=O) groups is 5. The number of primary amides is 1. The van der Waals surface area contributed by atoms with Crippen molar-refractivity contribution in [3.8, 4) is 0 Å². The summed E-state index contributed by atoms with van der Waals surface area (Å²) >= 11 is 1.31. The SMILES string of the molecule is NC(=O)c1c(NC(=O)COC(=O)c2cccc3c2C(=O)c2ccccc2C3=O)sc2c1CCCC2. The van der Waals surface area contributed by atoms with Crippen LogP contribution in [0.2, 0.25) is 0 Å². The minimum absolute atomic E-state index is 0.0384. The summed E-state index contributed by atoms with van der Waals surface area (Å²) in [6, 6.07) is 10.8. The van der Waals surface area contributed by atoms with Gasteiger partial charge in [-0.1, -0.05) is 36.4 Å². The first-order valence-corrected chi connectivity index (χ1v) is 11.9. The lowest BCUT2D eigenvalue weighted by molar-refractivity contribution is -0.119. The highest BCUT2D eigenvalue weighted by atomic mass is 32.1. The Hall–Kier alpha value is -4.11. The van der Waals surface area contributed by atoms with Gasteiger partial charge in [0.25, 0.3) is 11.8 Å². The van der Waals surface area contributed by atoms with Gasteiger partial charge in [0.15, 0.2) is 18.2 Å². The van der Waals surface area contributed by atoms with Gasteiger partial charge in [0, 0.05) is 27.1 Å². The van der Waals surface area contributed by atoms with E-state index in [9.17, 15) is 24.0 Å². The fourth-order valence-electron chi connectivity index (χ4n) is 4.60. The quantitative estimate of drug-likeness (QED) is 0.414. The van der Waals surface area contributed by atoms with E-state index in [2.05, 4.69) is 5.32 Å². The van der Waals surface area contributed by atoms with Crippen LogP contribution in [0.5, 0.6) is 0 Å². The number of aryl methyl sites for hydroxylation is 1. The van der Waals surface area contributed by atoms with E-state index in [0.29, 0.717) is 10.6 Å². The molecule has 2 amide bonds. The summed E-state index contributed by atoms with van der Waals surface area (Å²) in [6.07, 6.45) is 3.50. The maximum atomic E-state index is 13.1. The van der Waals surface area contributed by atoms with Crippen LogP contribution in [-0.2, 0) is 22.4 Å². The van der Waals surface area contributed by atoms with Crippen LogP contribution in [0, 0.1) is 0 Å². The van der Waals surface area contributed by atoms with E-state index in [1.54, 1.807) is 18.2 Å². The van der Waals surface area contributed by atoms with Gasteiger partial charge in [0.05, 0.1) is 11.1 Å². The molecule has 0 fully saturated rings. The largest absolute Gasteiger partial charge is 0.452 e. The number of hydrogen-bond acceptors (Lipinski definition) is 7. The predicted octanol–water partition coefficient (Wildman–Crippen LogP) is 3.30. The Morgan fingerprint density at radius 3 is 2.34 bits per heavy atom. The highest BCUT2D eigenvalue weighted by Gasteiger charge is 2.33. The molecule has 0 saturated carbocycles. The molecule has 0 unspecified atom stereocenters. The standard InChI is InChI=1S/C26H20N2O6S/c27-24(32)21-15-8-3-4-11-18(15)35-25(21)28-19(29)12-34-26(33)17-10-5-9-16-20(17)23(31)14-7-2-1-6-13(14)22(16)30/h1-2,5-7,9-10H,3-4,8,11-12H2,(H2,27,32)(H,28,29). The number of hydrogen-bond donors (Lipinski definition) is 2. The average Bonchev–Trinajstić information content (AvgIpc) is 3.23. The van der Waals surface area contributed by atoms with Crippen LogP contribution in [0.25, 0.3) is 0 Å². The van der Waals surface area contributed by atoms with Crippen LogP contribution in [0.4, 0.5) is 5.00 Å². The zero-order chi connectivity index (χ0) is 24.7. The summed E-state index contributed by atoms with van der Waals surface area (Å²) in [5.41, 5.74) is 7.21. The third-order valence-corrected chi connectivity index (χ3v) is 7.38. The van der Waals surface area contributed by atoms with Crippen LogP contribution in [-0.4, -0.2) is 36.0 Å². The number of nitrogens with two attached hydrogens (primary N) is 1. The lowest BCUT2D eigenvalue weighted by atomic mass is 9.82. The normalized spacial score (nSPS) is 13.9. The summed E-state index contributed by atoms with van der Waals surface area (Å²) in [5, 5.41) is 2.97. The highest BCUT2D eigenvalue weighted by Crippen LogP contribution is 2.38. The van der Waals surface area contributed by atoms with Crippen molar-refractivity contribution in [3.63, 3.8) is 0 Å². The molecular formula is C26H20N2O6S. The van der Waals surface area contributed by atoms with Crippen molar-refractivity contribution in [3.05, 3.63) is 86.3 Å². The third kappa shape index (κ3) is 3.93. The van der Waals surface area contributed by atoms with Gasteiger partial charge in [-0.3, -0.25) is 19.2 Å². The molecule has 0 aliphatic heterocycles.